The number of hydrogen-bond donors (Lipinski definition) is 1. The molecule has 1 aromatic heterocycles. The molecule has 1 atom stereocenters. The van der Waals surface area contributed by atoms with E-state index in [1.807, 2.05) is 12.3 Å². The number of piperazine rings is 1. The predicted molar refractivity (Wildman–Crippen MR) is 156 cm³/mol. The first-order valence-corrected chi connectivity index (χ1v) is 14.0. The first kappa shape index (κ1) is 27.0. The summed E-state index contributed by atoms with van der Waals surface area (Å²) in [4.78, 5) is 18.8. The van der Waals surface area contributed by atoms with Crippen LogP contribution in [0.1, 0.15) is 51.0 Å². The number of aryl methyl sites for hydroxylation is 1. The average Bonchev–Trinajstić information content (AvgIpc) is 2.93. The molecule has 7 heteroatoms. The topological polar surface area (TPSA) is 50.2 Å². The molecule has 1 unspecified atom stereocenters. The molecular formula is C30H45N7. The zero-order chi connectivity index (χ0) is 26.0. The van der Waals surface area contributed by atoms with Gasteiger partial charge in [-0.15, -0.1) is 0 Å². The molecule has 2 aromatic rings. The Bertz CT molecular complexity index is 1010. The number of nitrogens with one attached hydrogen (secondary N) is 1. The van der Waals surface area contributed by atoms with Gasteiger partial charge in [0, 0.05) is 65.3 Å². The maximum atomic E-state index is 5.09. The van der Waals surface area contributed by atoms with Gasteiger partial charge in [-0.1, -0.05) is 57.2 Å². The van der Waals surface area contributed by atoms with Crippen molar-refractivity contribution in [2.24, 2.45) is 4.99 Å². The summed E-state index contributed by atoms with van der Waals surface area (Å²) in [6.45, 7) is 6.05. The van der Waals surface area contributed by atoms with Crippen LogP contribution in [0.15, 0.2) is 65.6 Å². The molecule has 1 fully saturated rings. The van der Waals surface area contributed by atoms with Crippen molar-refractivity contribution in [3.63, 3.8) is 0 Å². The Hall–Kier alpha value is -3.06. The van der Waals surface area contributed by atoms with Gasteiger partial charge in [-0.25, -0.2) is 9.98 Å². The van der Waals surface area contributed by atoms with Crippen molar-refractivity contribution < 1.29 is 0 Å². The second-order valence-electron chi connectivity index (χ2n) is 10.4. The van der Waals surface area contributed by atoms with Crippen molar-refractivity contribution in [1.29, 1.82) is 0 Å². The number of rotatable bonds is 11. The number of hydrogen-bond acceptors (Lipinski definition) is 7. The van der Waals surface area contributed by atoms with E-state index >= 15 is 0 Å². The molecule has 1 aromatic carbocycles. The van der Waals surface area contributed by atoms with Gasteiger partial charge in [0.2, 0.25) is 0 Å². The molecular weight excluding hydrogens is 458 g/mol. The maximum absolute atomic E-state index is 5.09. The van der Waals surface area contributed by atoms with Crippen LogP contribution in [0.25, 0.3) is 0 Å². The first-order valence-electron chi connectivity index (χ1n) is 14.0. The van der Waals surface area contributed by atoms with E-state index in [4.69, 9.17) is 4.99 Å². The summed E-state index contributed by atoms with van der Waals surface area (Å²) in [6, 6.07) is 15.1. The Kier molecular flexibility index (Phi) is 9.83. The fraction of sp³-hybridized carbons (Fsp3) is 0.533. The number of pyridine rings is 1. The summed E-state index contributed by atoms with van der Waals surface area (Å²) < 4.78 is 0. The van der Waals surface area contributed by atoms with Gasteiger partial charge in [-0.2, -0.15) is 0 Å². The van der Waals surface area contributed by atoms with Gasteiger partial charge in [0.1, 0.15) is 17.5 Å². The van der Waals surface area contributed by atoms with Crippen LogP contribution in [0.3, 0.4) is 0 Å². The molecule has 200 valence electrons. The van der Waals surface area contributed by atoms with Crippen molar-refractivity contribution in [3.8, 4) is 0 Å². The van der Waals surface area contributed by atoms with Gasteiger partial charge in [-0.05, 0) is 42.7 Å². The number of likely N-dealkylation sites (N-methyl/N-ethyl adjacent to an activating group) is 1. The molecule has 4 rings (SSSR count). The van der Waals surface area contributed by atoms with Crippen molar-refractivity contribution in [2.45, 2.75) is 58.2 Å². The lowest BCUT2D eigenvalue weighted by Crippen LogP contribution is -2.56. The molecule has 37 heavy (non-hydrogen) atoms. The Labute approximate surface area is 223 Å². The monoisotopic (exact) mass is 503 g/mol. The summed E-state index contributed by atoms with van der Waals surface area (Å²) in [5, 5.41) is 3.67. The maximum Gasteiger partial charge on any atom is 0.182 e. The third kappa shape index (κ3) is 7.48. The highest BCUT2D eigenvalue weighted by atomic mass is 15.5. The third-order valence-electron chi connectivity index (χ3n) is 7.36. The van der Waals surface area contributed by atoms with Gasteiger partial charge < -0.3 is 20.0 Å². The highest BCUT2D eigenvalue weighted by Crippen LogP contribution is 2.23. The SMILES string of the molecule is CCCCCCCCc1ccc(NC2=CC(N(C)C)=NC(N3CCN(c4ccccn4)CC3)N2C)cc1. The van der Waals surface area contributed by atoms with Crippen molar-refractivity contribution in [1.82, 2.24) is 19.7 Å². The summed E-state index contributed by atoms with van der Waals surface area (Å²) in [7, 11) is 6.26. The Morgan fingerprint density at radius 2 is 1.65 bits per heavy atom. The molecule has 1 saturated heterocycles. The largest absolute Gasteiger partial charge is 0.363 e. The van der Waals surface area contributed by atoms with Crippen molar-refractivity contribution >= 4 is 17.3 Å². The van der Waals surface area contributed by atoms with Gasteiger partial charge >= 0.3 is 0 Å². The van der Waals surface area contributed by atoms with E-state index in [2.05, 4.69) is 100 Å². The Morgan fingerprint density at radius 1 is 0.919 bits per heavy atom. The van der Waals surface area contributed by atoms with Crippen LogP contribution in [-0.4, -0.2) is 79.1 Å². The van der Waals surface area contributed by atoms with Crippen molar-refractivity contribution in [2.75, 3.05) is 57.5 Å². The van der Waals surface area contributed by atoms with Crippen LogP contribution < -0.4 is 10.2 Å². The number of nitrogens with zero attached hydrogens (tertiary/aromatic N) is 6. The molecule has 7 nitrogen and oxygen atoms in total. The summed E-state index contributed by atoms with van der Waals surface area (Å²) in [5.74, 6) is 3.11. The zero-order valence-electron chi connectivity index (χ0n) is 23.2. The molecule has 3 heterocycles. The minimum Gasteiger partial charge on any atom is -0.363 e. The number of unbranched alkanes of at least 4 members (excludes halogenated alkanes) is 5. The van der Waals surface area contributed by atoms with Gasteiger partial charge in [0.05, 0.1) is 0 Å². The quantitative estimate of drug-likeness (QED) is 0.423. The normalized spacial score (nSPS) is 18.4. The Balaban J connectivity index is 1.35. The first-order chi connectivity index (χ1) is 18.0. The van der Waals surface area contributed by atoms with Crippen molar-refractivity contribution in [3.05, 3.63) is 66.1 Å². The van der Waals surface area contributed by atoms with Crippen LogP contribution in [0.4, 0.5) is 11.5 Å². The van der Waals surface area contributed by atoms with E-state index in [1.165, 1.54) is 50.5 Å². The second-order valence-corrected chi connectivity index (χ2v) is 10.4. The molecule has 0 saturated carbocycles. The van der Waals surface area contributed by atoms with Crippen LogP contribution in [0.5, 0.6) is 0 Å². The molecule has 0 radical (unpaired) electrons. The molecule has 2 aliphatic heterocycles. The highest BCUT2D eigenvalue weighted by Gasteiger charge is 2.31. The lowest BCUT2D eigenvalue weighted by atomic mass is 10.0. The van der Waals surface area contributed by atoms with E-state index < -0.39 is 0 Å². The number of aliphatic imine (C=N–C) groups is 1. The molecule has 0 bridgehead atoms. The van der Waals surface area contributed by atoms with Gasteiger partial charge in [-0.3, -0.25) is 4.90 Å². The second kappa shape index (κ2) is 13.5. The molecule has 2 aliphatic rings. The fourth-order valence-corrected chi connectivity index (χ4v) is 5.02. The van der Waals surface area contributed by atoms with E-state index in [9.17, 15) is 0 Å². The predicted octanol–water partition coefficient (Wildman–Crippen LogP) is 5.25. The molecule has 0 spiro atoms. The zero-order valence-corrected chi connectivity index (χ0v) is 23.2. The smallest absolute Gasteiger partial charge is 0.182 e. The molecule has 0 aliphatic carbocycles. The minimum atomic E-state index is -0.0391. The van der Waals surface area contributed by atoms with Crippen LogP contribution >= 0.6 is 0 Å². The highest BCUT2D eigenvalue weighted by molar-refractivity contribution is 5.94. The van der Waals surface area contributed by atoms with Crippen LogP contribution in [0.2, 0.25) is 0 Å². The third-order valence-corrected chi connectivity index (χ3v) is 7.36. The van der Waals surface area contributed by atoms with Gasteiger partial charge in [0.25, 0.3) is 0 Å². The van der Waals surface area contributed by atoms with Crippen LogP contribution in [0, 0.1) is 0 Å². The van der Waals surface area contributed by atoms with E-state index in [1.54, 1.807) is 0 Å². The van der Waals surface area contributed by atoms with E-state index in [0.29, 0.717) is 0 Å². The number of benzene rings is 1. The minimum absolute atomic E-state index is 0.0391. The van der Waals surface area contributed by atoms with E-state index in [0.717, 1.165) is 49.3 Å². The van der Waals surface area contributed by atoms with Gasteiger partial charge in [0.15, 0.2) is 6.29 Å². The average molecular weight is 504 g/mol. The number of anilines is 2. The lowest BCUT2D eigenvalue weighted by Gasteiger charge is -2.44. The summed E-state index contributed by atoms with van der Waals surface area (Å²) in [6.07, 6.45) is 13.2. The number of amidine groups is 1. The standard InChI is InChI=1S/C30H45N7/c1-5-6-7-8-9-10-13-25-15-17-26(18-16-25)32-29-24-28(34(2)3)33-30(35(29)4)37-22-20-36(21-23-37)27-14-11-12-19-31-27/h11-12,14-19,24,30,32H,5-10,13,20-23H2,1-4H3. The van der Waals surface area contributed by atoms with E-state index in [-0.39, 0.29) is 6.29 Å². The van der Waals surface area contributed by atoms with Crippen LogP contribution in [-0.2, 0) is 6.42 Å². The Morgan fingerprint density at radius 3 is 2.32 bits per heavy atom. The fourth-order valence-electron chi connectivity index (χ4n) is 5.02. The molecule has 1 N–H and O–H groups in total. The summed E-state index contributed by atoms with van der Waals surface area (Å²) in [5.41, 5.74) is 2.54. The number of aromatic nitrogens is 1. The molecule has 0 amide bonds. The summed E-state index contributed by atoms with van der Waals surface area (Å²) >= 11 is 0. The lowest BCUT2D eigenvalue weighted by molar-refractivity contribution is 0.0829.